The fraction of sp³-hybridized carbons (Fsp3) is 0.733. The van der Waals surface area contributed by atoms with Crippen LogP contribution in [0.25, 0.3) is 11.2 Å². The van der Waals surface area contributed by atoms with Gasteiger partial charge in [0.05, 0.1) is 18.2 Å². The summed E-state index contributed by atoms with van der Waals surface area (Å²) in [5.74, 6) is -0.133. The van der Waals surface area contributed by atoms with Crippen LogP contribution in [-0.2, 0) is 4.74 Å². The zero-order chi connectivity index (χ0) is 18.2. The molecule has 138 valence electrons. The van der Waals surface area contributed by atoms with Crippen LogP contribution in [0.5, 0.6) is 0 Å². The Labute approximate surface area is 150 Å². The molecule has 3 rings (SSSR count). The van der Waals surface area contributed by atoms with E-state index in [1.165, 1.54) is 11.8 Å². The Balaban J connectivity index is 1.97. The summed E-state index contributed by atoms with van der Waals surface area (Å²) < 4.78 is 7.34. The number of anilines is 1. The first-order valence-electron chi connectivity index (χ1n) is 8.38. The zero-order valence-corrected chi connectivity index (χ0v) is 15.4. The minimum atomic E-state index is -1.31. The number of nitrogens with two attached hydrogens (primary N) is 1. The van der Waals surface area contributed by atoms with Crippen LogP contribution in [0.4, 0.5) is 5.82 Å². The van der Waals surface area contributed by atoms with Crippen molar-refractivity contribution < 1.29 is 14.9 Å². The molecule has 3 unspecified atom stereocenters. The maximum atomic E-state index is 10.1. The summed E-state index contributed by atoms with van der Waals surface area (Å²) in [6.07, 6.45) is 0.918. The molecule has 10 heteroatoms. The number of aromatic nitrogens is 5. The number of ether oxygens (including phenoxy) is 1. The van der Waals surface area contributed by atoms with E-state index in [-0.39, 0.29) is 11.9 Å². The van der Waals surface area contributed by atoms with Crippen molar-refractivity contribution in [2.45, 2.75) is 69.2 Å². The summed E-state index contributed by atoms with van der Waals surface area (Å²) >= 11 is 1.52. The van der Waals surface area contributed by atoms with E-state index >= 15 is 0 Å². The smallest absolute Gasteiger partial charge is 0.191 e. The van der Waals surface area contributed by atoms with Gasteiger partial charge >= 0.3 is 0 Å². The number of hydrogen-bond donors (Lipinski definition) is 3. The topological polar surface area (TPSA) is 132 Å². The molecule has 1 fully saturated rings. The molecule has 0 saturated heterocycles. The van der Waals surface area contributed by atoms with E-state index in [0.29, 0.717) is 29.2 Å². The molecule has 2 heterocycles. The van der Waals surface area contributed by atoms with Gasteiger partial charge < -0.3 is 20.7 Å². The second-order valence-electron chi connectivity index (χ2n) is 6.74. The molecule has 4 N–H and O–H groups in total. The molecular formula is C15H24N6O3S. The Bertz CT molecular complexity index is 747. The van der Waals surface area contributed by atoms with Gasteiger partial charge in [0.15, 0.2) is 27.9 Å². The lowest BCUT2D eigenvalue weighted by atomic mass is 10.2. The standard InChI is InChI=1S/C15H24N6O3S/c1-4-5-25-14-17-12(16)11-13(18-14)21(20-19-11)9-6-8(22)7-10(9)24-15(2,3)23/h8-10,22-23H,4-7H2,1-3H3,(H2,16,17,18). The van der Waals surface area contributed by atoms with E-state index in [1.54, 1.807) is 18.5 Å². The summed E-state index contributed by atoms with van der Waals surface area (Å²) in [6.45, 7) is 5.21. The number of nitrogen functional groups attached to an aromatic ring is 1. The van der Waals surface area contributed by atoms with Crippen molar-refractivity contribution in [3.63, 3.8) is 0 Å². The summed E-state index contributed by atoms with van der Waals surface area (Å²) in [7, 11) is 0. The molecule has 2 aromatic rings. The van der Waals surface area contributed by atoms with Gasteiger partial charge in [-0.15, -0.1) is 5.10 Å². The van der Waals surface area contributed by atoms with Crippen molar-refractivity contribution in [1.29, 1.82) is 0 Å². The Morgan fingerprint density at radius 3 is 2.80 bits per heavy atom. The lowest BCUT2D eigenvalue weighted by Crippen LogP contribution is -2.33. The number of thioether (sulfide) groups is 1. The number of hydrogen-bond acceptors (Lipinski definition) is 9. The van der Waals surface area contributed by atoms with E-state index in [0.717, 1.165) is 12.2 Å². The molecule has 0 aromatic carbocycles. The second-order valence-corrected chi connectivity index (χ2v) is 7.80. The molecule has 3 atom stereocenters. The molecule has 1 aliphatic carbocycles. The number of fused-ring (bicyclic) bond motifs is 1. The Kier molecular flexibility index (Phi) is 5.14. The molecule has 1 aliphatic rings. The van der Waals surface area contributed by atoms with Gasteiger partial charge in [0.1, 0.15) is 0 Å². The highest BCUT2D eigenvalue weighted by molar-refractivity contribution is 7.99. The highest BCUT2D eigenvalue weighted by Crippen LogP contribution is 2.36. The number of aliphatic hydroxyl groups is 2. The van der Waals surface area contributed by atoms with Crippen LogP contribution in [-0.4, -0.2) is 58.9 Å². The fourth-order valence-corrected chi connectivity index (χ4v) is 3.72. The van der Waals surface area contributed by atoms with Gasteiger partial charge in [-0.1, -0.05) is 23.9 Å². The van der Waals surface area contributed by atoms with Gasteiger partial charge in [-0.25, -0.2) is 14.6 Å². The highest BCUT2D eigenvalue weighted by Gasteiger charge is 2.40. The molecule has 25 heavy (non-hydrogen) atoms. The van der Waals surface area contributed by atoms with Gasteiger partial charge in [-0.2, -0.15) is 0 Å². The SMILES string of the molecule is CCCSc1nc(N)c2nnn(C3CC(O)CC3OC(C)(C)O)c2n1. The van der Waals surface area contributed by atoms with Gasteiger partial charge in [-0.05, 0) is 26.7 Å². The van der Waals surface area contributed by atoms with Gasteiger partial charge in [0.25, 0.3) is 0 Å². The highest BCUT2D eigenvalue weighted by atomic mass is 32.2. The molecule has 9 nitrogen and oxygen atoms in total. The van der Waals surface area contributed by atoms with E-state index in [1.807, 2.05) is 0 Å². The summed E-state index contributed by atoms with van der Waals surface area (Å²) in [6, 6.07) is -0.287. The zero-order valence-electron chi connectivity index (χ0n) is 14.6. The summed E-state index contributed by atoms with van der Waals surface area (Å²) in [5, 5.41) is 28.9. The minimum absolute atomic E-state index is 0.286. The first kappa shape index (κ1) is 18.3. The first-order chi connectivity index (χ1) is 11.8. The summed E-state index contributed by atoms with van der Waals surface area (Å²) in [4.78, 5) is 8.81. The normalized spacial score (nSPS) is 24.3. The van der Waals surface area contributed by atoms with Crippen LogP contribution in [0.1, 0.15) is 46.1 Å². The largest absolute Gasteiger partial charge is 0.393 e. The van der Waals surface area contributed by atoms with Crippen LogP contribution in [0.3, 0.4) is 0 Å². The molecule has 1 saturated carbocycles. The van der Waals surface area contributed by atoms with Crippen LogP contribution < -0.4 is 5.73 Å². The van der Waals surface area contributed by atoms with E-state index in [9.17, 15) is 10.2 Å². The average Bonchev–Trinajstić information content (AvgIpc) is 3.07. The Morgan fingerprint density at radius 2 is 2.12 bits per heavy atom. The third-order valence-corrected chi connectivity index (χ3v) is 5.02. The predicted octanol–water partition coefficient (Wildman–Crippen LogP) is 1.11. The van der Waals surface area contributed by atoms with Crippen LogP contribution in [0.15, 0.2) is 5.16 Å². The van der Waals surface area contributed by atoms with Crippen molar-refractivity contribution >= 4 is 28.7 Å². The van der Waals surface area contributed by atoms with Crippen molar-refractivity contribution in [2.24, 2.45) is 0 Å². The first-order valence-corrected chi connectivity index (χ1v) is 9.36. The van der Waals surface area contributed by atoms with Gasteiger partial charge in [0, 0.05) is 12.2 Å². The van der Waals surface area contributed by atoms with Crippen molar-refractivity contribution in [3.8, 4) is 0 Å². The van der Waals surface area contributed by atoms with Crippen LogP contribution in [0.2, 0.25) is 0 Å². The molecule has 0 bridgehead atoms. The van der Waals surface area contributed by atoms with Crippen molar-refractivity contribution in [1.82, 2.24) is 25.0 Å². The maximum absolute atomic E-state index is 10.1. The van der Waals surface area contributed by atoms with Crippen molar-refractivity contribution in [2.75, 3.05) is 11.5 Å². The monoisotopic (exact) mass is 368 g/mol. The Morgan fingerprint density at radius 1 is 1.36 bits per heavy atom. The molecule has 0 spiro atoms. The van der Waals surface area contributed by atoms with Gasteiger partial charge in [-0.3, -0.25) is 0 Å². The molecule has 0 radical (unpaired) electrons. The molecule has 0 aliphatic heterocycles. The van der Waals surface area contributed by atoms with Gasteiger partial charge in [0.2, 0.25) is 0 Å². The molecule has 2 aromatic heterocycles. The number of aliphatic hydroxyl groups excluding tert-OH is 1. The van der Waals surface area contributed by atoms with E-state index in [2.05, 4.69) is 27.2 Å². The van der Waals surface area contributed by atoms with Crippen LogP contribution in [0, 0.1) is 0 Å². The minimum Gasteiger partial charge on any atom is -0.393 e. The predicted molar refractivity (Wildman–Crippen MR) is 94.0 cm³/mol. The third kappa shape index (κ3) is 4.02. The average molecular weight is 368 g/mol. The van der Waals surface area contributed by atoms with E-state index < -0.39 is 18.0 Å². The Hall–Kier alpha value is -1.49. The van der Waals surface area contributed by atoms with Crippen molar-refractivity contribution in [3.05, 3.63) is 0 Å². The lowest BCUT2D eigenvalue weighted by Gasteiger charge is -2.27. The summed E-state index contributed by atoms with van der Waals surface area (Å²) in [5.41, 5.74) is 6.96. The maximum Gasteiger partial charge on any atom is 0.191 e. The molecule has 0 amide bonds. The molecular weight excluding hydrogens is 344 g/mol. The quantitative estimate of drug-likeness (QED) is 0.389. The second kappa shape index (κ2) is 7.02. The van der Waals surface area contributed by atoms with E-state index in [4.69, 9.17) is 10.5 Å². The number of nitrogens with zero attached hydrogens (tertiary/aromatic N) is 5. The number of rotatable bonds is 6. The third-order valence-electron chi connectivity index (χ3n) is 3.97. The fourth-order valence-electron chi connectivity index (χ4n) is 3.02. The lowest BCUT2D eigenvalue weighted by molar-refractivity contribution is -0.211. The van der Waals surface area contributed by atoms with Crippen LogP contribution >= 0.6 is 11.8 Å².